The lowest BCUT2D eigenvalue weighted by atomic mass is 9.80. The maximum Gasteiger partial charge on any atom is 0.326 e. The van der Waals surface area contributed by atoms with Gasteiger partial charge in [0.15, 0.2) is 0 Å². The van der Waals surface area contributed by atoms with Crippen molar-refractivity contribution in [2.24, 2.45) is 5.92 Å². The number of fused-ring (bicyclic) bond motifs is 2. The maximum atomic E-state index is 13.8. The molecule has 2 aliphatic carbocycles. The zero-order chi connectivity index (χ0) is 23.2. The molecule has 1 spiro atoms. The SMILES string of the molecule is C[C@H](NC(=O)C(Cc1ccc(F)cc1)N1C(=O)N[C@]2(CCc3ccccc32)C1=O)C1CCC1. The van der Waals surface area contributed by atoms with Crippen molar-refractivity contribution >= 4 is 17.8 Å². The van der Waals surface area contributed by atoms with Crippen molar-refractivity contribution < 1.29 is 18.8 Å². The van der Waals surface area contributed by atoms with E-state index < -0.39 is 23.5 Å². The molecule has 1 aliphatic heterocycles. The molecule has 4 amide bonds. The fraction of sp³-hybridized carbons (Fsp3) is 0.423. The molecule has 33 heavy (non-hydrogen) atoms. The van der Waals surface area contributed by atoms with Gasteiger partial charge in [-0.1, -0.05) is 42.8 Å². The van der Waals surface area contributed by atoms with Crippen molar-refractivity contribution in [1.82, 2.24) is 15.5 Å². The van der Waals surface area contributed by atoms with Crippen molar-refractivity contribution in [3.05, 3.63) is 71.0 Å². The summed E-state index contributed by atoms with van der Waals surface area (Å²) in [4.78, 5) is 41.5. The predicted octanol–water partition coefficient (Wildman–Crippen LogP) is 3.44. The second-order valence-corrected chi connectivity index (χ2v) is 9.50. The van der Waals surface area contributed by atoms with E-state index in [0.717, 1.165) is 35.3 Å². The van der Waals surface area contributed by atoms with E-state index in [1.165, 1.54) is 12.1 Å². The number of carbonyl (C=O) groups excluding carboxylic acids is 3. The standard InChI is InChI=1S/C26H28FN3O3/c1-16(18-6-4-7-18)28-23(31)22(15-17-9-11-20(27)12-10-17)30-24(32)26(29-25(30)33)14-13-19-5-2-3-8-21(19)26/h2-3,5,8-12,16,18,22H,4,6-7,13-15H2,1H3,(H,28,31)(H,29,33)/t16-,22?,26-/m0/s1. The van der Waals surface area contributed by atoms with Crippen molar-refractivity contribution in [3.63, 3.8) is 0 Å². The third-order valence-corrected chi connectivity index (χ3v) is 7.55. The summed E-state index contributed by atoms with van der Waals surface area (Å²) >= 11 is 0. The van der Waals surface area contributed by atoms with E-state index in [1.54, 1.807) is 12.1 Å². The van der Waals surface area contributed by atoms with E-state index in [1.807, 2.05) is 31.2 Å². The summed E-state index contributed by atoms with van der Waals surface area (Å²) in [7, 11) is 0. The number of hydrogen-bond acceptors (Lipinski definition) is 3. The van der Waals surface area contributed by atoms with Gasteiger partial charge in [0, 0.05) is 12.5 Å². The molecule has 2 fully saturated rings. The average molecular weight is 450 g/mol. The monoisotopic (exact) mass is 449 g/mol. The Hall–Kier alpha value is -3.22. The van der Waals surface area contributed by atoms with Crippen LogP contribution in [0.2, 0.25) is 0 Å². The molecule has 2 aromatic rings. The Morgan fingerprint density at radius 2 is 1.91 bits per heavy atom. The molecule has 5 rings (SSSR count). The lowest BCUT2D eigenvalue weighted by Crippen LogP contribution is -2.54. The lowest BCUT2D eigenvalue weighted by molar-refractivity contribution is -0.139. The largest absolute Gasteiger partial charge is 0.352 e. The third kappa shape index (κ3) is 3.69. The van der Waals surface area contributed by atoms with Gasteiger partial charge in [-0.25, -0.2) is 14.1 Å². The predicted molar refractivity (Wildman–Crippen MR) is 121 cm³/mol. The molecule has 1 saturated heterocycles. The lowest BCUT2D eigenvalue weighted by Gasteiger charge is -2.34. The highest BCUT2D eigenvalue weighted by Crippen LogP contribution is 2.42. The quantitative estimate of drug-likeness (QED) is 0.664. The van der Waals surface area contributed by atoms with Crippen LogP contribution < -0.4 is 10.6 Å². The smallest absolute Gasteiger partial charge is 0.326 e. The Kier molecular flexibility index (Phi) is 5.43. The number of halogens is 1. The Morgan fingerprint density at radius 1 is 1.18 bits per heavy atom. The van der Waals surface area contributed by atoms with Gasteiger partial charge in [-0.2, -0.15) is 0 Å². The van der Waals surface area contributed by atoms with Gasteiger partial charge in [0.25, 0.3) is 5.91 Å². The minimum absolute atomic E-state index is 0.0381. The van der Waals surface area contributed by atoms with Crippen molar-refractivity contribution in [3.8, 4) is 0 Å². The van der Waals surface area contributed by atoms with Crippen LogP contribution in [0.3, 0.4) is 0 Å². The number of carbonyl (C=O) groups is 3. The first-order chi connectivity index (χ1) is 15.9. The summed E-state index contributed by atoms with van der Waals surface area (Å²) in [6, 6.07) is 11.8. The van der Waals surface area contributed by atoms with Crippen LogP contribution in [0.25, 0.3) is 0 Å². The molecule has 3 atom stereocenters. The van der Waals surface area contributed by atoms with Crippen LogP contribution in [-0.4, -0.2) is 34.8 Å². The number of rotatable bonds is 6. The Morgan fingerprint density at radius 3 is 2.61 bits per heavy atom. The Labute approximate surface area is 192 Å². The third-order valence-electron chi connectivity index (χ3n) is 7.55. The van der Waals surface area contributed by atoms with Crippen molar-refractivity contribution in [1.29, 1.82) is 0 Å². The van der Waals surface area contributed by atoms with E-state index >= 15 is 0 Å². The summed E-state index contributed by atoms with van der Waals surface area (Å²) in [6.45, 7) is 1.97. The first-order valence-electron chi connectivity index (χ1n) is 11.7. The van der Waals surface area contributed by atoms with E-state index in [9.17, 15) is 18.8 Å². The Bertz CT molecular complexity index is 1100. The highest BCUT2D eigenvalue weighted by atomic mass is 19.1. The topological polar surface area (TPSA) is 78.5 Å². The van der Waals surface area contributed by atoms with Crippen LogP contribution >= 0.6 is 0 Å². The van der Waals surface area contributed by atoms with Crippen molar-refractivity contribution in [2.45, 2.75) is 63.1 Å². The molecule has 1 saturated carbocycles. The molecule has 2 N–H and O–H groups in total. The number of nitrogens with one attached hydrogen (secondary N) is 2. The minimum atomic E-state index is -1.13. The zero-order valence-corrected chi connectivity index (χ0v) is 18.6. The second kappa shape index (κ2) is 8.28. The van der Waals surface area contributed by atoms with Gasteiger partial charge in [-0.15, -0.1) is 0 Å². The molecule has 0 bridgehead atoms. The number of urea groups is 1. The highest BCUT2D eigenvalue weighted by Gasteiger charge is 2.57. The van der Waals surface area contributed by atoms with Crippen LogP contribution in [-0.2, 0) is 28.0 Å². The highest BCUT2D eigenvalue weighted by molar-refractivity contribution is 6.10. The summed E-state index contributed by atoms with van der Waals surface area (Å²) < 4.78 is 13.4. The molecular weight excluding hydrogens is 421 g/mol. The number of aryl methyl sites for hydroxylation is 1. The molecule has 3 aliphatic rings. The first kappa shape index (κ1) is 21.6. The number of hydrogen-bond donors (Lipinski definition) is 2. The van der Waals surface area contributed by atoms with Gasteiger partial charge in [-0.3, -0.25) is 9.59 Å². The minimum Gasteiger partial charge on any atom is -0.352 e. The van der Waals surface area contributed by atoms with Gasteiger partial charge in [0.05, 0.1) is 0 Å². The molecule has 0 aromatic heterocycles. The second-order valence-electron chi connectivity index (χ2n) is 9.50. The van der Waals surface area contributed by atoms with Crippen LogP contribution in [0.15, 0.2) is 48.5 Å². The molecule has 1 heterocycles. The van der Waals surface area contributed by atoms with Gasteiger partial charge in [0.1, 0.15) is 17.4 Å². The van der Waals surface area contributed by atoms with Gasteiger partial charge < -0.3 is 10.6 Å². The normalized spacial score (nSPS) is 23.8. The van der Waals surface area contributed by atoms with Crippen LogP contribution in [0.1, 0.15) is 49.3 Å². The summed E-state index contributed by atoms with van der Waals surface area (Å²) in [5.41, 5.74) is 1.39. The number of amides is 4. The Balaban J connectivity index is 1.46. The molecule has 2 aromatic carbocycles. The molecule has 6 nitrogen and oxygen atoms in total. The zero-order valence-electron chi connectivity index (χ0n) is 18.6. The van der Waals surface area contributed by atoms with E-state index in [2.05, 4.69) is 10.6 Å². The van der Waals surface area contributed by atoms with Gasteiger partial charge in [0.2, 0.25) is 5.91 Å². The summed E-state index contributed by atoms with van der Waals surface area (Å²) in [5, 5.41) is 5.95. The fourth-order valence-electron chi connectivity index (χ4n) is 5.36. The molecule has 7 heteroatoms. The maximum absolute atomic E-state index is 13.8. The first-order valence-corrected chi connectivity index (χ1v) is 11.7. The fourth-order valence-corrected chi connectivity index (χ4v) is 5.36. The van der Waals surface area contributed by atoms with E-state index in [-0.39, 0.29) is 24.2 Å². The van der Waals surface area contributed by atoms with Crippen molar-refractivity contribution in [2.75, 3.05) is 0 Å². The summed E-state index contributed by atoms with van der Waals surface area (Å²) in [5.74, 6) is -0.715. The molecule has 172 valence electrons. The number of benzene rings is 2. The van der Waals surface area contributed by atoms with Gasteiger partial charge >= 0.3 is 6.03 Å². The number of nitrogens with zero attached hydrogens (tertiary/aromatic N) is 1. The van der Waals surface area contributed by atoms with Crippen LogP contribution in [0.4, 0.5) is 9.18 Å². The van der Waals surface area contributed by atoms with E-state index in [4.69, 9.17) is 0 Å². The van der Waals surface area contributed by atoms with E-state index in [0.29, 0.717) is 24.3 Å². The molecular formula is C26H28FN3O3. The summed E-state index contributed by atoms with van der Waals surface area (Å²) in [6.07, 6.45) is 4.56. The number of imide groups is 1. The van der Waals surface area contributed by atoms with Gasteiger partial charge in [-0.05, 0) is 67.3 Å². The molecule has 1 unspecified atom stereocenters. The van der Waals surface area contributed by atoms with Crippen LogP contribution in [0.5, 0.6) is 0 Å². The average Bonchev–Trinajstić information content (AvgIpc) is 3.24. The van der Waals surface area contributed by atoms with Crippen LogP contribution in [0, 0.1) is 11.7 Å². The molecule has 0 radical (unpaired) electrons.